The highest BCUT2D eigenvalue weighted by Gasteiger charge is 2.14. The first kappa shape index (κ1) is 14.0. The molecule has 22 heavy (non-hydrogen) atoms. The van der Waals surface area contributed by atoms with Crippen molar-refractivity contribution in [2.45, 2.75) is 6.92 Å². The van der Waals surface area contributed by atoms with E-state index in [9.17, 15) is 9.59 Å². The Kier molecular flexibility index (Phi) is 3.70. The van der Waals surface area contributed by atoms with Crippen molar-refractivity contribution >= 4 is 23.2 Å². The summed E-state index contributed by atoms with van der Waals surface area (Å²) in [5.74, 6) is -0.449. The molecule has 5 nitrogen and oxygen atoms in total. The largest absolute Gasteiger partial charge is 0.462 e. The van der Waals surface area contributed by atoms with Crippen LogP contribution in [0.2, 0.25) is 0 Å². The van der Waals surface area contributed by atoms with Crippen LogP contribution in [0.4, 0.5) is 0 Å². The molecule has 1 aromatic carbocycles. The van der Waals surface area contributed by atoms with Gasteiger partial charge in [-0.2, -0.15) is 0 Å². The smallest absolute Gasteiger partial charge is 0.339 e. The second-order valence-corrected chi connectivity index (χ2v) is 4.74. The van der Waals surface area contributed by atoms with E-state index in [0.717, 1.165) is 16.5 Å². The number of carbonyl (C=O) groups excluding carboxylic acids is 2. The van der Waals surface area contributed by atoms with Gasteiger partial charge in [0, 0.05) is 28.9 Å². The molecule has 0 aliphatic heterocycles. The molecule has 0 bridgehead atoms. The maximum atomic E-state index is 11.9. The van der Waals surface area contributed by atoms with Gasteiger partial charge < -0.3 is 9.72 Å². The number of H-pyrrole nitrogens is 1. The molecule has 1 N–H and O–H groups in total. The van der Waals surface area contributed by atoms with Crippen LogP contribution in [0.5, 0.6) is 0 Å². The van der Waals surface area contributed by atoms with Crippen molar-refractivity contribution in [2.24, 2.45) is 0 Å². The van der Waals surface area contributed by atoms with Gasteiger partial charge in [0.2, 0.25) is 0 Å². The zero-order valence-electron chi connectivity index (χ0n) is 12.0. The number of pyridine rings is 1. The lowest BCUT2D eigenvalue weighted by Gasteiger charge is -2.09. The van der Waals surface area contributed by atoms with Gasteiger partial charge in [0.1, 0.15) is 5.69 Å². The van der Waals surface area contributed by atoms with E-state index in [0.29, 0.717) is 23.1 Å². The third kappa shape index (κ3) is 2.37. The van der Waals surface area contributed by atoms with Gasteiger partial charge in [-0.05, 0) is 30.7 Å². The number of benzene rings is 1. The second kappa shape index (κ2) is 5.81. The van der Waals surface area contributed by atoms with Crippen molar-refractivity contribution in [2.75, 3.05) is 6.61 Å². The SMILES string of the molecule is CCOC(=O)c1cnc(C=O)c(-c2cccc3[nH]ccc23)c1. The molecule has 0 unspecified atom stereocenters. The van der Waals surface area contributed by atoms with Gasteiger partial charge in [-0.3, -0.25) is 9.78 Å². The molecule has 2 aromatic heterocycles. The number of ether oxygens (including phenoxy) is 1. The number of fused-ring (bicyclic) bond motifs is 1. The quantitative estimate of drug-likeness (QED) is 0.592. The van der Waals surface area contributed by atoms with Crippen molar-refractivity contribution in [1.29, 1.82) is 0 Å². The van der Waals surface area contributed by atoms with Gasteiger partial charge in [-0.25, -0.2) is 4.79 Å². The molecule has 110 valence electrons. The average Bonchev–Trinajstić information content (AvgIpc) is 3.03. The number of aldehydes is 1. The van der Waals surface area contributed by atoms with E-state index >= 15 is 0 Å². The number of aromatic amines is 1. The van der Waals surface area contributed by atoms with Crippen molar-refractivity contribution in [3.05, 3.63) is 54.0 Å². The van der Waals surface area contributed by atoms with Gasteiger partial charge in [-0.1, -0.05) is 12.1 Å². The first-order valence-electron chi connectivity index (χ1n) is 6.93. The fourth-order valence-electron chi connectivity index (χ4n) is 2.43. The lowest BCUT2D eigenvalue weighted by molar-refractivity contribution is 0.0525. The number of hydrogen-bond donors (Lipinski definition) is 1. The van der Waals surface area contributed by atoms with Crippen LogP contribution in [-0.2, 0) is 4.74 Å². The third-order valence-corrected chi connectivity index (χ3v) is 3.43. The van der Waals surface area contributed by atoms with Crippen molar-refractivity contribution < 1.29 is 14.3 Å². The van der Waals surface area contributed by atoms with Crippen LogP contribution >= 0.6 is 0 Å². The minimum absolute atomic E-state index is 0.289. The summed E-state index contributed by atoms with van der Waals surface area (Å²) in [6, 6.07) is 9.31. The summed E-state index contributed by atoms with van der Waals surface area (Å²) in [4.78, 5) is 30.4. The molecule has 2 heterocycles. The Morgan fingerprint density at radius 1 is 1.32 bits per heavy atom. The van der Waals surface area contributed by atoms with Crippen LogP contribution < -0.4 is 0 Å². The molecular weight excluding hydrogens is 280 g/mol. The summed E-state index contributed by atoms with van der Waals surface area (Å²) in [7, 11) is 0. The van der Waals surface area contributed by atoms with E-state index in [4.69, 9.17) is 4.74 Å². The Hall–Kier alpha value is -2.95. The van der Waals surface area contributed by atoms with E-state index in [-0.39, 0.29) is 6.61 Å². The summed E-state index contributed by atoms with van der Waals surface area (Å²) in [6.07, 6.45) is 3.88. The highest BCUT2D eigenvalue weighted by atomic mass is 16.5. The van der Waals surface area contributed by atoms with Crippen molar-refractivity contribution in [1.82, 2.24) is 9.97 Å². The minimum Gasteiger partial charge on any atom is -0.462 e. The number of nitrogens with one attached hydrogen (secondary N) is 1. The molecule has 0 atom stereocenters. The van der Waals surface area contributed by atoms with E-state index in [1.54, 1.807) is 13.0 Å². The monoisotopic (exact) mass is 294 g/mol. The second-order valence-electron chi connectivity index (χ2n) is 4.74. The van der Waals surface area contributed by atoms with Crippen molar-refractivity contribution in [3.8, 4) is 11.1 Å². The van der Waals surface area contributed by atoms with E-state index in [2.05, 4.69) is 9.97 Å². The first-order valence-corrected chi connectivity index (χ1v) is 6.93. The highest BCUT2D eigenvalue weighted by Crippen LogP contribution is 2.30. The Labute approximate surface area is 126 Å². The number of carbonyl (C=O) groups is 2. The lowest BCUT2D eigenvalue weighted by Crippen LogP contribution is -2.06. The average molecular weight is 294 g/mol. The van der Waals surface area contributed by atoms with Crippen LogP contribution in [0, 0.1) is 0 Å². The molecular formula is C17H14N2O3. The summed E-state index contributed by atoms with van der Waals surface area (Å²) in [6.45, 7) is 2.03. The van der Waals surface area contributed by atoms with Gasteiger partial charge in [0.05, 0.1) is 12.2 Å². The van der Waals surface area contributed by atoms with Gasteiger partial charge in [0.15, 0.2) is 6.29 Å². The molecule has 3 aromatic rings. The number of aromatic nitrogens is 2. The maximum Gasteiger partial charge on any atom is 0.339 e. The Balaban J connectivity index is 2.20. The molecule has 0 aliphatic carbocycles. The normalized spacial score (nSPS) is 10.6. The first-order chi connectivity index (χ1) is 10.7. The van der Waals surface area contributed by atoms with Crippen LogP contribution in [-0.4, -0.2) is 28.8 Å². The Bertz CT molecular complexity index is 852. The molecule has 0 aliphatic rings. The molecule has 0 saturated carbocycles. The van der Waals surface area contributed by atoms with Gasteiger partial charge in [-0.15, -0.1) is 0 Å². The standard InChI is InChI=1S/C17H14N2O3/c1-2-22-17(21)11-8-14(16(10-20)19-9-11)12-4-3-5-15-13(12)6-7-18-15/h3-10,18H,2H2,1H3. The van der Waals surface area contributed by atoms with E-state index in [1.165, 1.54) is 6.20 Å². The molecule has 0 radical (unpaired) electrons. The number of rotatable bonds is 4. The minimum atomic E-state index is -0.449. The van der Waals surface area contributed by atoms with Gasteiger partial charge >= 0.3 is 5.97 Å². The fourth-order valence-corrected chi connectivity index (χ4v) is 2.43. The number of esters is 1. The van der Waals surface area contributed by atoms with Crippen LogP contribution in [0.3, 0.4) is 0 Å². The molecule has 0 fully saturated rings. The number of nitrogens with zero attached hydrogens (tertiary/aromatic N) is 1. The topological polar surface area (TPSA) is 72.0 Å². The highest BCUT2D eigenvalue weighted by molar-refractivity contribution is 6.01. The van der Waals surface area contributed by atoms with Crippen LogP contribution in [0.25, 0.3) is 22.0 Å². The molecule has 0 amide bonds. The Morgan fingerprint density at radius 2 is 2.18 bits per heavy atom. The molecule has 0 saturated heterocycles. The van der Waals surface area contributed by atoms with Gasteiger partial charge in [0.25, 0.3) is 0 Å². The zero-order valence-corrected chi connectivity index (χ0v) is 12.0. The van der Waals surface area contributed by atoms with Crippen LogP contribution in [0.1, 0.15) is 27.8 Å². The van der Waals surface area contributed by atoms with Crippen LogP contribution in [0.15, 0.2) is 42.7 Å². The molecule has 3 rings (SSSR count). The summed E-state index contributed by atoms with van der Waals surface area (Å²) >= 11 is 0. The molecule has 0 spiro atoms. The fraction of sp³-hybridized carbons (Fsp3) is 0.118. The zero-order chi connectivity index (χ0) is 15.5. The number of hydrogen-bond acceptors (Lipinski definition) is 4. The third-order valence-electron chi connectivity index (χ3n) is 3.43. The summed E-state index contributed by atoms with van der Waals surface area (Å²) < 4.78 is 4.99. The Morgan fingerprint density at radius 3 is 2.95 bits per heavy atom. The van der Waals surface area contributed by atoms with Crippen molar-refractivity contribution in [3.63, 3.8) is 0 Å². The van der Waals surface area contributed by atoms with E-state index in [1.807, 2.05) is 30.5 Å². The summed E-state index contributed by atoms with van der Waals surface area (Å²) in [5, 5.41) is 0.966. The predicted octanol–water partition coefficient (Wildman–Crippen LogP) is 3.22. The summed E-state index contributed by atoms with van der Waals surface area (Å²) in [5.41, 5.74) is 3.04. The van der Waals surface area contributed by atoms with E-state index < -0.39 is 5.97 Å². The maximum absolute atomic E-state index is 11.9. The lowest BCUT2D eigenvalue weighted by atomic mass is 9.99. The molecule has 5 heteroatoms. The predicted molar refractivity (Wildman–Crippen MR) is 82.9 cm³/mol.